The molecule has 0 bridgehead atoms. The molecule has 0 aliphatic rings. The van der Waals surface area contributed by atoms with E-state index in [1.54, 1.807) is 0 Å². The van der Waals surface area contributed by atoms with Gasteiger partial charge in [-0.15, -0.1) is 0 Å². The number of esters is 1. The number of benzene rings is 1. The van der Waals surface area contributed by atoms with E-state index in [1.165, 1.54) is 7.11 Å². The molecule has 16 heavy (non-hydrogen) atoms. The van der Waals surface area contributed by atoms with Crippen molar-refractivity contribution in [2.24, 2.45) is 0 Å². The number of rotatable bonds is 6. The smallest absolute Gasteiger partial charge is 0.305 e. The van der Waals surface area contributed by atoms with Crippen molar-refractivity contribution >= 4 is 11.7 Å². The van der Waals surface area contributed by atoms with Crippen molar-refractivity contribution in [1.82, 2.24) is 0 Å². The zero-order valence-electron chi connectivity index (χ0n) is 9.28. The van der Waals surface area contributed by atoms with Crippen LogP contribution in [0.5, 0.6) is 0 Å². The molecule has 1 aromatic carbocycles. The minimum atomic E-state index is -0.508. The fourth-order valence-electron chi connectivity index (χ4n) is 1.35. The van der Waals surface area contributed by atoms with Gasteiger partial charge in [0.05, 0.1) is 13.2 Å². The van der Waals surface area contributed by atoms with Crippen LogP contribution < -0.4 is 5.32 Å². The number of para-hydroxylation sites is 1. The Kier molecular flexibility index (Phi) is 5.32. The second-order valence-corrected chi connectivity index (χ2v) is 3.48. The molecule has 1 unspecified atom stereocenters. The van der Waals surface area contributed by atoms with E-state index in [9.17, 15) is 9.18 Å². The molecule has 0 aliphatic carbocycles. The van der Waals surface area contributed by atoms with Crippen molar-refractivity contribution < 1.29 is 13.9 Å². The number of hydrogen-bond donors (Lipinski definition) is 1. The summed E-state index contributed by atoms with van der Waals surface area (Å²) in [6, 6.07) is 9.02. The van der Waals surface area contributed by atoms with Crippen LogP contribution in [-0.4, -0.2) is 25.8 Å². The number of methoxy groups -OCH3 is 1. The lowest BCUT2D eigenvalue weighted by atomic mass is 10.1. The van der Waals surface area contributed by atoms with Crippen molar-refractivity contribution in [2.75, 3.05) is 19.1 Å². The van der Waals surface area contributed by atoms with Crippen LogP contribution in [0.25, 0.3) is 0 Å². The molecule has 0 amide bonds. The first-order chi connectivity index (χ1) is 7.76. The highest BCUT2D eigenvalue weighted by Gasteiger charge is 2.10. The van der Waals surface area contributed by atoms with Crippen LogP contribution >= 0.6 is 0 Å². The summed E-state index contributed by atoms with van der Waals surface area (Å²) in [5.74, 6) is -0.312. The van der Waals surface area contributed by atoms with Crippen molar-refractivity contribution in [2.45, 2.75) is 18.9 Å². The Labute approximate surface area is 94.6 Å². The van der Waals surface area contributed by atoms with Crippen LogP contribution in [0.2, 0.25) is 0 Å². The van der Waals surface area contributed by atoms with Gasteiger partial charge in [-0.1, -0.05) is 18.2 Å². The monoisotopic (exact) mass is 225 g/mol. The molecule has 0 spiro atoms. The molecule has 88 valence electrons. The van der Waals surface area contributed by atoms with E-state index in [0.29, 0.717) is 6.42 Å². The van der Waals surface area contributed by atoms with E-state index in [2.05, 4.69) is 10.1 Å². The van der Waals surface area contributed by atoms with Gasteiger partial charge in [0.25, 0.3) is 0 Å². The summed E-state index contributed by atoms with van der Waals surface area (Å²) in [4.78, 5) is 10.9. The van der Waals surface area contributed by atoms with Crippen LogP contribution in [-0.2, 0) is 9.53 Å². The lowest BCUT2D eigenvalue weighted by molar-refractivity contribution is -0.140. The Balaban J connectivity index is 2.40. The van der Waals surface area contributed by atoms with Crippen LogP contribution in [0.3, 0.4) is 0 Å². The molecule has 0 aromatic heterocycles. The Morgan fingerprint density at radius 2 is 2.12 bits per heavy atom. The van der Waals surface area contributed by atoms with Crippen molar-refractivity contribution in [3.05, 3.63) is 30.3 Å². The molecule has 0 saturated carbocycles. The Bertz CT molecular complexity index is 316. The fraction of sp³-hybridized carbons (Fsp3) is 0.417. The first-order valence-electron chi connectivity index (χ1n) is 5.20. The number of hydrogen-bond acceptors (Lipinski definition) is 3. The highest BCUT2D eigenvalue weighted by molar-refractivity contribution is 5.69. The lowest BCUT2D eigenvalue weighted by Crippen LogP contribution is -2.23. The van der Waals surface area contributed by atoms with E-state index < -0.39 is 6.67 Å². The maximum atomic E-state index is 12.7. The van der Waals surface area contributed by atoms with Crippen LogP contribution in [0.15, 0.2) is 30.3 Å². The van der Waals surface area contributed by atoms with E-state index in [0.717, 1.165) is 5.69 Å². The SMILES string of the molecule is COC(=O)CCC(CF)Nc1ccccc1. The molecule has 0 heterocycles. The third kappa shape index (κ3) is 4.29. The minimum Gasteiger partial charge on any atom is -0.469 e. The van der Waals surface area contributed by atoms with E-state index in [-0.39, 0.29) is 18.4 Å². The third-order valence-corrected chi connectivity index (χ3v) is 2.26. The van der Waals surface area contributed by atoms with Gasteiger partial charge in [-0.05, 0) is 18.6 Å². The first-order valence-corrected chi connectivity index (χ1v) is 5.20. The van der Waals surface area contributed by atoms with Gasteiger partial charge in [-0.2, -0.15) is 0 Å². The number of ether oxygens (including phenoxy) is 1. The molecule has 1 rings (SSSR count). The van der Waals surface area contributed by atoms with Crippen LogP contribution in [0.1, 0.15) is 12.8 Å². The number of carbonyl (C=O) groups is 1. The Morgan fingerprint density at radius 3 is 2.69 bits per heavy atom. The summed E-state index contributed by atoms with van der Waals surface area (Å²) in [6.07, 6.45) is 0.656. The number of carbonyl (C=O) groups excluding carboxylic acids is 1. The molecule has 0 aliphatic heterocycles. The average Bonchev–Trinajstić information content (AvgIpc) is 2.35. The molecule has 4 heteroatoms. The van der Waals surface area contributed by atoms with Crippen molar-refractivity contribution in [1.29, 1.82) is 0 Å². The van der Waals surface area contributed by atoms with E-state index >= 15 is 0 Å². The van der Waals surface area contributed by atoms with Gasteiger partial charge >= 0.3 is 5.97 Å². The predicted molar refractivity (Wildman–Crippen MR) is 61.1 cm³/mol. The van der Waals surface area contributed by atoms with Gasteiger partial charge in [0, 0.05) is 12.1 Å². The number of halogens is 1. The number of nitrogens with one attached hydrogen (secondary N) is 1. The standard InChI is InChI=1S/C12H16FNO2/c1-16-12(15)8-7-11(9-13)14-10-5-3-2-4-6-10/h2-6,11,14H,7-9H2,1H3. The Hall–Kier alpha value is -1.58. The summed E-state index contributed by atoms with van der Waals surface area (Å²) < 4.78 is 17.2. The molecular weight excluding hydrogens is 209 g/mol. The van der Waals surface area contributed by atoms with Gasteiger partial charge in [0.2, 0.25) is 0 Å². The van der Waals surface area contributed by atoms with Gasteiger partial charge in [0.1, 0.15) is 6.67 Å². The van der Waals surface area contributed by atoms with Gasteiger partial charge < -0.3 is 10.1 Å². The highest BCUT2D eigenvalue weighted by Crippen LogP contribution is 2.10. The maximum absolute atomic E-state index is 12.7. The maximum Gasteiger partial charge on any atom is 0.305 e. The summed E-state index contributed by atoms with van der Waals surface area (Å²) in [6.45, 7) is -0.508. The molecule has 0 radical (unpaired) electrons. The van der Waals surface area contributed by atoms with Crippen LogP contribution in [0.4, 0.5) is 10.1 Å². The average molecular weight is 225 g/mol. The summed E-state index contributed by atoms with van der Waals surface area (Å²) in [5, 5.41) is 3.03. The second kappa shape index (κ2) is 6.82. The molecule has 1 atom stereocenters. The summed E-state index contributed by atoms with van der Waals surface area (Å²) in [7, 11) is 1.33. The normalized spacial score (nSPS) is 11.9. The van der Waals surface area contributed by atoms with E-state index in [1.807, 2.05) is 30.3 Å². The van der Waals surface area contributed by atoms with Gasteiger partial charge in [-0.25, -0.2) is 4.39 Å². The largest absolute Gasteiger partial charge is 0.469 e. The zero-order valence-corrected chi connectivity index (χ0v) is 9.28. The summed E-state index contributed by atoms with van der Waals surface area (Å²) >= 11 is 0. The molecule has 0 fully saturated rings. The van der Waals surface area contributed by atoms with Gasteiger partial charge in [-0.3, -0.25) is 4.79 Å². The number of anilines is 1. The predicted octanol–water partition coefficient (Wildman–Crippen LogP) is 2.39. The van der Waals surface area contributed by atoms with Crippen molar-refractivity contribution in [3.8, 4) is 0 Å². The molecule has 0 saturated heterocycles. The van der Waals surface area contributed by atoms with Crippen LogP contribution in [0, 0.1) is 0 Å². The minimum absolute atomic E-state index is 0.227. The topological polar surface area (TPSA) is 38.3 Å². The molecule has 3 nitrogen and oxygen atoms in total. The third-order valence-electron chi connectivity index (χ3n) is 2.26. The molecule has 1 N–H and O–H groups in total. The Morgan fingerprint density at radius 1 is 1.44 bits per heavy atom. The highest BCUT2D eigenvalue weighted by atomic mass is 19.1. The summed E-state index contributed by atoms with van der Waals surface area (Å²) in [5.41, 5.74) is 0.856. The van der Waals surface area contributed by atoms with E-state index in [4.69, 9.17) is 0 Å². The lowest BCUT2D eigenvalue weighted by Gasteiger charge is -2.15. The first kappa shape index (κ1) is 12.5. The fourth-order valence-corrected chi connectivity index (χ4v) is 1.35. The van der Waals surface area contributed by atoms with Crippen molar-refractivity contribution in [3.63, 3.8) is 0 Å². The van der Waals surface area contributed by atoms with Gasteiger partial charge in [0.15, 0.2) is 0 Å². The molecule has 1 aromatic rings. The number of alkyl halides is 1. The zero-order chi connectivity index (χ0) is 11.8. The molecular formula is C12H16FNO2. The quantitative estimate of drug-likeness (QED) is 0.755. The second-order valence-electron chi connectivity index (χ2n) is 3.48.